The fourth-order valence-electron chi connectivity index (χ4n) is 2.73. The number of carboxylic acids is 1. The number of carbonyl (C=O) groups is 1. The van der Waals surface area contributed by atoms with Crippen LogP contribution >= 0.6 is 0 Å². The second kappa shape index (κ2) is 8.24. The van der Waals surface area contributed by atoms with Crippen LogP contribution in [0.3, 0.4) is 0 Å². The van der Waals surface area contributed by atoms with Gasteiger partial charge in [-0.2, -0.15) is 0 Å². The van der Waals surface area contributed by atoms with E-state index in [-0.39, 0.29) is 5.04 Å². The second-order valence-electron chi connectivity index (χ2n) is 8.36. The maximum Gasteiger partial charge on any atom is 0.336 e. The Balaban J connectivity index is 2.33. The number of aryl methyl sites for hydroxylation is 1. The Morgan fingerprint density at radius 3 is 2.41 bits per heavy atom. The van der Waals surface area contributed by atoms with Crippen molar-refractivity contribution < 1.29 is 14.3 Å². The fraction of sp³-hybridized carbons (Fsp3) is 0.348. The number of benzene rings is 2. The van der Waals surface area contributed by atoms with Gasteiger partial charge in [-0.25, -0.2) is 4.79 Å². The zero-order valence-corrected chi connectivity index (χ0v) is 18.2. The second-order valence-corrected chi connectivity index (χ2v) is 13.2. The quantitative estimate of drug-likeness (QED) is 0.588. The molecule has 2 aromatic carbocycles. The van der Waals surface area contributed by atoms with Crippen LogP contribution in [0.15, 0.2) is 48.5 Å². The minimum Gasteiger partial charge on any atom is -0.478 e. The molecule has 0 saturated heterocycles. The third-order valence-electron chi connectivity index (χ3n) is 5.38. The van der Waals surface area contributed by atoms with E-state index in [0.717, 1.165) is 22.3 Å². The summed E-state index contributed by atoms with van der Waals surface area (Å²) in [7, 11) is -1.78. The zero-order chi connectivity index (χ0) is 20.2. The first kappa shape index (κ1) is 21.1. The Labute approximate surface area is 163 Å². The summed E-state index contributed by atoms with van der Waals surface area (Å²) in [5.74, 6) is -0.912. The van der Waals surface area contributed by atoms with E-state index >= 15 is 0 Å². The van der Waals surface area contributed by atoms with Crippen LogP contribution in [0.1, 0.15) is 42.3 Å². The minimum absolute atomic E-state index is 0.176. The number of carboxylic acid groups (broad SMARTS) is 1. The number of hydrogen-bond acceptors (Lipinski definition) is 2. The molecule has 27 heavy (non-hydrogen) atoms. The van der Waals surface area contributed by atoms with Crippen molar-refractivity contribution in [3.63, 3.8) is 0 Å². The number of rotatable bonds is 6. The van der Waals surface area contributed by atoms with Gasteiger partial charge >= 0.3 is 5.97 Å². The highest BCUT2D eigenvalue weighted by molar-refractivity contribution is 6.74. The van der Waals surface area contributed by atoms with Gasteiger partial charge in [-0.1, -0.05) is 69.3 Å². The highest BCUT2D eigenvalue weighted by Gasteiger charge is 2.36. The summed E-state index contributed by atoms with van der Waals surface area (Å²) < 4.78 is 6.21. The van der Waals surface area contributed by atoms with E-state index in [4.69, 9.17) is 4.43 Å². The monoisotopic (exact) mass is 382 g/mol. The lowest BCUT2D eigenvalue weighted by atomic mass is 9.91. The van der Waals surface area contributed by atoms with Crippen molar-refractivity contribution in [3.05, 3.63) is 65.2 Å². The molecule has 0 heterocycles. The average molecular weight is 383 g/mol. The van der Waals surface area contributed by atoms with Crippen molar-refractivity contribution in [1.82, 2.24) is 0 Å². The van der Waals surface area contributed by atoms with E-state index in [9.17, 15) is 9.90 Å². The van der Waals surface area contributed by atoms with Gasteiger partial charge in [-0.15, -0.1) is 0 Å². The van der Waals surface area contributed by atoms with E-state index < -0.39 is 14.3 Å². The molecule has 0 atom stereocenters. The molecular formula is C23H30O3Si. The molecule has 0 bridgehead atoms. The predicted molar refractivity (Wildman–Crippen MR) is 116 cm³/mol. The smallest absolute Gasteiger partial charge is 0.336 e. The predicted octanol–water partition coefficient (Wildman–Crippen LogP) is 6.40. The Bertz CT molecular complexity index is 845. The Morgan fingerprint density at radius 1 is 1.11 bits per heavy atom. The summed E-state index contributed by atoms with van der Waals surface area (Å²) in [6.07, 6.45) is 4.07. The Hall–Kier alpha value is -2.17. The zero-order valence-electron chi connectivity index (χ0n) is 17.2. The largest absolute Gasteiger partial charge is 0.478 e. The SMILES string of the molecule is Cc1cccc(/C=C\CO[Si](C)(C)C(C)(C)C)c1-c1ccccc1C(=O)O. The molecule has 1 N–H and O–H groups in total. The fourth-order valence-corrected chi connectivity index (χ4v) is 3.68. The topological polar surface area (TPSA) is 46.5 Å². The van der Waals surface area contributed by atoms with Crippen LogP contribution in [0.5, 0.6) is 0 Å². The van der Waals surface area contributed by atoms with Crippen molar-refractivity contribution in [1.29, 1.82) is 0 Å². The molecule has 0 amide bonds. The normalized spacial score (nSPS) is 12.5. The van der Waals surface area contributed by atoms with E-state index in [1.165, 1.54) is 0 Å². The van der Waals surface area contributed by atoms with Crippen molar-refractivity contribution in [2.45, 2.75) is 45.8 Å². The molecule has 3 nitrogen and oxygen atoms in total. The third-order valence-corrected chi connectivity index (χ3v) is 9.88. The number of aromatic carboxylic acids is 1. The van der Waals surface area contributed by atoms with Crippen LogP contribution in [0.25, 0.3) is 17.2 Å². The van der Waals surface area contributed by atoms with Crippen molar-refractivity contribution in [2.24, 2.45) is 0 Å². The van der Waals surface area contributed by atoms with Crippen LogP contribution in [-0.2, 0) is 4.43 Å². The highest BCUT2D eigenvalue weighted by Crippen LogP contribution is 2.36. The molecule has 0 saturated carbocycles. The molecule has 144 valence electrons. The molecule has 2 rings (SSSR count). The molecule has 0 aliphatic carbocycles. The maximum atomic E-state index is 11.6. The van der Waals surface area contributed by atoms with Gasteiger partial charge in [-0.3, -0.25) is 0 Å². The van der Waals surface area contributed by atoms with Crippen molar-refractivity contribution in [3.8, 4) is 11.1 Å². The Kier molecular flexibility index (Phi) is 6.45. The summed E-state index contributed by atoms with van der Waals surface area (Å²) in [6, 6.07) is 13.2. The lowest BCUT2D eigenvalue weighted by Gasteiger charge is -2.35. The van der Waals surface area contributed by atoms with Gasteiger partial charge in [0.25, 0.3) is 0 Å². The molecule has 2 aromatic rings. The van der Waals surface area contributed by atoms with Gasteiger partial charge in [-0.05, 0) is 53.4 Å². The van der Waals surface area contributed by atoms with Crippen molar-refractivity contribution >= 4 is 20.4 Å². The minimum atomic E-state index is -1.78. The maximum absolute atomic E-state index is 11.6. The molecular weight excluding hydrogens is 352 g/mol. The lowest BCUT2D eigenvalue weighted by Crippen LogP contribution is -2.40. The first-order chi connectivity index (χ1) is 12.5. The van der Waals surface area contributed by atoms with Gasteiger partial charge in [0.05, 0.1) is 12.2 Å². The van der Waals surface area contributed by atoms with Gasteiger partial charge in [0.15, 0.2) is 8.32 Å². The van der Waals surface area contributed by atoms with Gasteiger partial charge < -0.3 is 9.53 Å². The average Bonchev–Trinajstić information content (AvgIpc) is 2.58. The summed E-state index contributed by atoms with van der Waals surface area (Å²) in [5.41, 5.74) is 4.07. The molecule has 0 unspecified atom stereocenters. The van der Waals surface area contributed by atoms with Crippen LogP contribution in [0.2, 0.25) is 18.1 Å². The first-order valence-electron chi connectivity index (χ1n) is 9.27. The summed E-state index contributed by atoms with van der Waals surface area (Å²) in [4.78, 5) is 11.6. The number of hydrogen-bond donors (Lipinski definition) is 1. The molecule has 0 radical (unpaired) electrons. The summed E-state index contributed by atoms with van der Waals surface area (Å²) in [5, 5.41) is 9.73. The van der Waals surface area contributed by atoms with Crippen molar-refractivity contribution in [2.75, 3.05) is 6.61 Å². The lowest BCUT2D eigenvalue weighted by molar-refractivity contribution is 0.0697. The summed E-state index contributed by atoms with van der Waals surface area (Å²) in [6.45, 7) is 13.7. The first-order valence-corrected chi connectivity index (χ1v) is 12.2. The molecule has 0 aliphatic heterocycles. The standard InChI is InChI=1S/C23H30O3Si/c1-17-11-9-12-18(13-10-16-26-27(5,6)23(2,3)4)21(17)19-14-7-8-15-20(19)22(24)25/h7-15H,16H2,1-6H3,(H,24,25)/b13-10-. The van der Waals surface area contributed by atoms with E-state index in [1.807, 2.05) is 49.4 Å². The van der Waals surface area contributed by atoms with E-state index in [2.05, 4.69) is 33.9 Å². The van der Waals surface area contributed by atoms with Crippen LogP contribution in [0, 0.1) is 6.92 Å². The summed E-state index contributed by atoms with van der Waals surface area (Å²) >= 11 is 0. The molecule has 0 spiro atoms. The highest BCUT2D eigenvalue weighted by atomic mass is 28.4. The Morgan fingerprint density at radius 2 is 1.78 bits per heavy atom. The van der Waals surface area contributed by atoms with Gasteiger partial charge in [0, 0.05) is 0 Å². The van der Waals surface area contributed by atoms with Gasteiger partial charge in [0.2, 0.25) is 0 Å². The van der Waals surface area contributed by atoms with Gasteiger partial charge in [0.1, 0.15) is 0 Å². The molecule has 0 aromatic heterocycles. The van der Waals surface area contributed by atoms with Crippen LogP contribution in [0.4, 0.5) is 0 Å². The van der Waals surface area contributed by atoms with Crippen LogP contribution < -0.4 is 0 Å². The molecule has 0 aliphatic rings. The molecule has 0 fully saturated rings. The van der Waals surface area contributed by atoms with E-state index in [0.29, 0.717) is 12.2 Å². The third kappa shape index (κ3) is 4.96. The van der Waals surface area contributed by atoms with E-state index in [1.54, 1.807) is 12.1 Å². The molecule has 4 heteroatoms. The van der Waals surface area contributed by atoms with Crippen LogP contribution in [-0.4, -0.2) is 26.0 Å².